The number of nitrogens with zero attached hydrogens (tertiary/aromatic N) is 3. The molecule has 0 fully saturated rings. The molecule has 124 valence electrons. The van der Waals surface area contributed by atoms with Gasteiger partial charge in [-0.3, -0.25) is 4.99 Å². The highest BCUT2D eigenvalue weighted by Gasteiger charge is 2.13. The van der Waals surface area contributed by atoms with Crippen LogP contribution in [0.4, 0.5) is 0 Å². The maximum Gasteiger partial charge on any atom is 0.191 e. The fourth-order valence-electron chi connectivity index (χ4n) is 2.45. The van der Waals surface area contributed by atoms with E-state index in [0.29, 0.717) is 6.54 Å². The zero-order valence-electron chi connectivity index (χ0n) is 14.9. The molecule has 0 unspecified atom stereocenters. The van der Waals surface area contributed by atoms with Gasteiger partial charge in [-0.2, -0.15) is 5.10 Å². The van der Waals surface area contributed by atoms with Crippen LogP contribution in [0.15, 0.2) is 35.3 Å². The Labute approximate surface area is 138 Å². The summed E-state index contributed by atoms with van der Waals surface area (Å²) >= 11 is 0. The van der Waals surface area contributed by atoms with Gasteiger partial charge in [0.25, 0.3) is 0 Å². The predicted octanol–water partition coefficient (Wildman–Crippen LogP) is 2.95. The quantitative estimate of drug-likeness (QED) is 0.676. The largest absolute Gasteiger partial charge is 0.352 e. The van der Waals surface area contributed by atoms with E-state index in [1.54, 1.807) is 7.05 Å². The van der Waals surface area contributed by atoms with Crippen LogP contribution in [0.25, 0.3) is 5.69 Å². The number of para-hydroxylation sites is 1. The third-order valence-corrected chi connectivity index (χ3v) is 3.39. The number of nitrogens with one attached hydrogen (secondary N) is 2. The minimum atomic E-state index is -0.0307. The number of aryl methyl sites for hydroxylation is 2. The molecule has 0 amide bonds. The lowest BCUT2D eigenvalue weighted by atomic mass is 10.1. The Balaban J connectivity index is 2.20. The Kier molecular flexibility index (Phi) is 5.08. The molecule has 1 aromatic heterocycles. The van der Waals surface area contributed by atoms with Gasteiger partial charge in [0.2, 0.25) is 0 Å². The molecule has 0 atom stereocenters. The zero-order valence-corrected chi connectivity index (χ0v) is 14.9. The summed E-state index contributed by atoms with van der Waals surface area (Å²) in [4.78, 5) is 4.28. The molecule has 1 aromatic carbocycles. The molecule has 0 aliphatic carbocycles. The molecular weight excluding hydrogens is 286 g/mol. The summed E-state index contributed by atoms with van der Waals surface area (Å²) < 4.78 is 1.99. The first-order chi connectivity index (χ1) is 10.8. The van der Waals surface area contributed by atoms with Gasteiger partial charge in [0.05, 0.1) is 11.4 Å². The SMILES string of the molecule is CN=C(NCc1ccccc1-n1nc(C)cc1C)NC(C)(C)C. The number of aromatic nitrogens is 2. The minimum Gasteiger partial charge on any atom is -0.352 e. The molecule has 0 aliphatic rings. The van der Waals surface area contributed by atoms with Gasteiger partial charge in [-0.1, -0.05) is 18.2 Å². The average molecular weight is 313 g/mol. The summed E-state index contributed by atoms with van der Waals surface area (Å²) in [6.07, 6.45) is 0. The fourth-order valence-corrected chi connectivity index (χ4v) is 2.45. The van der Waals surface area contributed by atoms with Crippen LogP contribution in [0.2, 0.25) is 0 Å². The van der Waals surface area contributed by atoms with Crippen LogP contribution in [0.1, 0.15) is 37.7 Å². The summed E-state index contributed by atoms with van der Waals surface area (Å²) in [6, 6.07) is 10.4. The molecule has 0 saturated heterocycles. The van der Waals surface area contributed by atoms with E-state index in [1.165, 1.54) is 5.56 Å². The number of hydrogen-bond acceptors (Lipinski definition) is 2. The number of aliphatic imine (C=N–C) groups is 1. The van der Waals surface area contributed by atoms with Crippen LogP contribution in [0.3, 0.4) is 0 Å². The zero-order chi connectivity index (χ0) is 17.0. The summed E-state index contributed by atoms with van der Waals surface area (Å²) in [5.74, 6) is 0.792. The van der Waals surface area contributed by atoms with Crippen molar-refractivity contribution >= 4 is 5.96 Å². The molecule has 5 nitrogen and oxygen atoms in total. The highest BCUT2D eigenvalue weighted by atomic mass is 15.3. The lowest BCUT2D eigenvalue weighted by molar-refractivity contribution is 0.501. The van der Waals surface area contributed by atoms with Crippen LogP contribution in [-0.4, -0.2) is 28.3 Å². The predicted molar refractivity (Wildman–Crippen MR) is 96.1 cm³/mol. The Bertz CT molecular complexity index is 692. The van der Waals surface area contributed by atoms with Gasteiger partial charge in [-0.25, -0.2) is 4.68 Å². The van der Waals surface area contributed by atoms with Crippen molar-refractivity contribution in [2.45, 2.75) is 46.7 Å². The molecule has 0 saturated carbocycles. The molecule has 0 bridgehead atoms. The highest BCUT2D eigenvalue weighted by molar-refractivity contribution is 5.80. The molecule has 0 radical (unpaired) electrons. The maximum atomic E-state index is 4.59. The molecule has 2 N–H and O–H groups in total. The maximum absolute atomic E-state index is 4.59. The third kappa shape index (κ3) is 4.58. The topological polar surface area (TPSA) is 54.2 Å². The summed E-state index contributed by atoms with van der Waals surface area (Å²) in [7, 11) is 1.79. The van der Waals surface area contributed by atoms with Crippen molar-refractivity contribution < 1.29 is 0 Å². The third-order valence-electron chi connectivity index (χ3n) is 3.39. The number of rotatable bonds is 3. The van der Waals surface area contributed by atoms with Gasteiger partial charge in [0.15, 0.2) is 5.96 Å². The minimum absolute atomic E-state index is 0.0307. The van der Waals surface area contributed by atoms with Crippen LogP contribution in [0, 0.1) is 13.8 Å². The van der Waals surface area contributed by atoms with Crippen molar-refractivity contribution in [1.82, 2.24) is 20.4 Å². The first-order valence-electron chi connectivity index (χ1n) is 7.90. The van der Waals surface area contributed by atoms with Gasteiger partial charge in [-0.05, 0) is 52.3 Å². The second-order valence-electron chi connectivity index (χ2n) is 6.77. The first kappa shape index (κ1) is 17.1. The van der Waals surface area contributed by atoms with E-state index in [4.69, 9.17) is 0 Å². The van der Waals surface area contributed by atoms with Crippen molar-refractivity contribution in [2.75, 3.05) is 7.05 Å². The Hall–Kier alpha value is -2.30. The summed E-state index contributed by atoms with van der Waals surface area (Å²) in [5, 5.41) is 11.3. The number of benzene rings is 1. The molecule has 2 aromatic rings. The summed E-state index contributed by atoms with van der Waals surface area (Å²) in [5.41, 5.74) is 4.40. The standard InChI is InChI=1S/C18H27N5/c1-13-11-14(2)23(22-13)16-10-8-7-9-15(16)12-20-17(19-6)21-18(3,4)5/h7-11H,12H2,1-6H3,(H2,19,20,21). The van der Waals surface area contributed by atoms with E-state index < -0.39 is 0 Å². The monoisotopic (exact) mass is 313 g/mol. The van der Waals surface area contributed by atoms with Crippen molar-refractivity contribution in [2.24, 2.45) is 4.99 Å². The summed E-state index contributed by atoms with van der Waals surface area (Å²) in [6.45, 7) is 11.1. The van der Waals surface area contributed by atoms with Gasteiger partial charge in [-0.15, -0.1) is 0 Å². The van der Waals surface area contributed by atoms with Crippen LogP contribution in [-0.2, 0) is 6.54 Å². The van der Waals surface area contributed by atoms with Crippen LogP contribution in [0.5, 0.6) is 0 Å². The van der Waals surface area contributed by atoms with E-state index >= 15 is 0 Å². The van der Waals surface area contributed by atoms with E-state index in [9.17, 15) is 0 Å². The first-order valence-corrected chi connectivity index (χ1v) is 7.90. The lowest BCUT2D eigenvalue weighted by Gasteiger charge is -2.24. The normalized spacial score (nSPS) is 12.3. The molecule has 5 heteroatoms. The molecule has 0 spiro atoms. The Morgan fingerprint density at radius 1 is 1.22 bits per heavy atom. The van der Waals surface area contributed by atoms with Crippen molar-refractivity contribution in [1.29, 1.82) is 0 Å². The van der Waals surface area contributed by atoms with Gasteiger partial charge >= 0.3 is 0 Å². The number of hydrogen-bond donors (Lipinski definition) is 2. The van der Waals surface area contributed by atoms with Crippen LogP contribution < -0.4 is 10.6 Å². The van der Waals surface area contributed by atoms with Crippen molar-refractivity contribution in [3.63, 3.8) is 0 Å². The number of guanidine groups is 1. The molecule has 0 aliphatic heterocycles. The second-order valence-corrected chi connectivity index (χ2v) is 6.77. The van der Waals surface area contributed by atoms with Crippen molar-refractivity contribution in [3.8, 4) is 5.69 Å². The molecule has 23 heavy (non-hydrogen) atoms. The van der Waals surface area contributed by atoms with E-state index in [2.05, 4.69) is 66.6 Å². The average Bonchev–Trinajstić information content (AvgIpc) is 2.81. The smallest absolute Gasteiger partial charge is 0.191 e. The Morgan fingerprint density at radius 2 is 1.91 bits per heavy atom. The van der Waals surface area contributed by atoms with Crippen LogP contribution >= 0.6 is 0 Å². The van der Waals surface area contributed by atoms with E-state index in [-0.39, 0.29) is 5.54 Å². The highest BCUT2D eigenvalue weighted by Crippen LogP contribution is 2.16. The van der Waals surface area contributed by atoms with Gasteiger partial charge in [0, 0.05) is 24.8 Å². The Morgan fingerprint density at radius 3 is 2.48 bits per heavy atom. The molecular formula is C18H27N5. The second kappa shape index (κ2) is 6.86. The lowest BCUT2D eigenvalue weighted by Crippen LogP contribution is -2.47. The van der Waals surface area contributed by atoms with E-state index in [1.807, 2.05) is 23.7 Å². The fraction of sp³-hybridized carbons (Fsp3) is 0.444. The van der Waals surface area contributed by atoms with E-state index in [0.717, 1.165) is 23.0 Å². The van der Waals surface area contributed by atoms with Gasteiger partial charge in [0.1, 0.15) is 0 Å². The van der Waals surface area contributed by atoms with Crippen molar-refractivity contribution in [3.05, 3.63) is 47.3 Å². The van der Waals surface area contributed by atoms with Gasteiger partial charge < -0.3 is 10.6 Å². The molecule has 1 heterocycles. The molecule has 2 rings (SSSR count).